The van der Waals surface area contributed by atoms with Crippen molar-refractivity contribution in [2.75, 3.05) is 30.9 Å². The number of carbonyl (C=O) groups is 3. The minimum Gasteiger partial charge on any atom is -0.497 e. The van der Waals surface area contributed by atoms with Gasteiger partial charge in [-0.3, -0.25) is 19.3 Å². The predicted octanol–water partition coefficient (Wildman–Crippen LogP) is 4.52. The first-order valence-corrected chi connectivity index (χ1v) is 13.1. The first-order chi connectivity index (χ1) is 20.3. The summed E-state index contributed by atoms with van der Waals surface area (Å²) in [6, 6.07) is 5.35. The van der Waals surface area contributed by atoms with Crippen molar-refractivity contribution in [3.05, 3.63) is 82.0 Å². The lowest BCUT2D eigenvalue weighted by Gasteiger charge is -2.24. The molecule has 0 radical (unpaired) electrons. The number of nitrogens with zero attached hydrogens (tertiary/aromatic N) is 2. The second-order valence-electron chi connectivity index (χ2n) is 9.55. The Labute approximate surface area is 247 Å². The van der Waals surface area contributed by atoms with Crippen molar-refractivity contribution in [2.24, 2.45) is 0 Å². The molecule has 1 aliphatic rings. The third-order valence-electron chi connectivity index (χ3n) is 6.85. The van der Waals surface area contributed by atoms with Crippen LogP contribution >= 0.6 is 11.6 Å². The highest BCUT2D eigenvalue weighted by Gasteiger charge is 2.49. The van der Waals surface area contributed by atoms with E-state index in [1.54, 1.807) is 0 Å². The Hall–Kier alpha value is -4.46. The van der Waals surface area contributed by atoms with Gasteiger partial charge in [0.25, 0.3) is 11.8 Å². The molecule has 1 aliphatic heterocycles. The number of aromatic nitrogens is 1. The fourth-order valence-corrected chi connectivity index (χ4v) is 4.90. The Morgan fingerprint density at radius 1 is 1.12 bits per heavy atom. The number of amides is 3. The van der Waals surface area contributed by atoms with Crippen molar-refractivity contribution in [1.82, 2.24) is 15.6 Å². The molecule has 15 heteroatoms. The maximum atomic E-state index is 15.2. The first kappa shape index (κ1) is 31.5. The molecule has 4 rings (SSSR count). The molecular weight excluding hydrogens is 601 g/mol. The van der Waals surface area contributed by atoms with Crippen molar-refractivity contribution >= 4 is 40.8 Å². The summed E-state index contributed by atoms with van der Waals surface area (Å²) in [6.07, 6.45) is -4.11. The molecule has 0 bridgehead atoms. The number of nitrogens with one attached hydrogen (secondary N) is 3. The molecule has 9 nitrogen and oxygen atoms in total. The maximum absolute atomic E-state index is 15.2. The standard InChI is InChI=1S/C28H25ClF5N5O4/c1-13(25(40)35-2)37-20-8-9-36-24(22(20)28(32,33)34)39-12-17(21-18(30)10-16(43-3)11-19(21)31)23(27(39)42)38-26(41)14-4-6-15(29)7-5-14/h4-11,13,17,23H,12H2,1-3H3,(H,35,40)(H,36,37)(H,38,41)/t13?,17-,23?/m0/s1. The number of anilines is 2. The number of hydrogen-bond donors (Lipinski definition) is 3. The minimum atomic E-state index is -5.09. The minimum absolute atomic E-state index is 0.0357. The van der Waals surface area contributed by atoms with Gasteiger partial charge in [-0.25, -0.2) is 13.8 Å². The summed E-state index contributed by atoms with van der Waals surface area (Å²) in [4.78, 5) is 43.2. The molecule has 2 aromatic carbocycles. The zero-order valence-electron chi connectivity index (χ0n) is 22.9. The number of methoxy groups -OCH3 is 1. The number of carbonyl (C=O) groups excluding carboxylic acids is 3. The largest absolute Gasteiger partial charge is 0.497 e. The molecule has 228 valence electrons. The number of halogens is 6. The SMILES string of the molecule is CNC(=O)C(C)Nc1ccnc(N2C[C@@H](c3c(F)cc(OC)cc3F)C(NC(=O)c3ccc(Cl)cc3)C2=O)c1C(F)(F)F. The van der Waals surface area contributed by atoms with Crippen molar-refractivity contribution in [1.29, 1.82) is 0 Å². The summed E-state index contributed by atoms with van der Waals surface area (Å²) in [5.74, 6) is -7.37. The van der Waals surface area contributed by atoms with Crippen LogP contribution in [0.1, 0.15) is 34.3 Å². The molecule has 3 amide bonds. The quantitative estimate of drug-likeness (QED) is 0.318. The van der Waals surface area contributed by atoms with E-state index < -0.39 is 82.7 Å². The summed E-state index contributed by atoms with van der Waals surface area (Å²) >= 11 is 5.87. The number of likely N-dealkylation sites (N-methyl/N-ethyl adjacent to an activating group) is 1. The maximum Gasteiger partial charge on any atom is 0.421 e. The highest BCUT2D eigenvalue weighted by molar-refractivity contribution is 6.30. The highest BCUT2D eigenvalue weighted by atomic mass is 35.5. The van der Waals surface area contributed by atoms with Gasteiger partial charge in [-0.2, -0.15) is 13.2 Å². The number of hydrogen-bond acceptors (Lipinski definition) is 6. The normalized spacial score (nSPS) is 17.4. The van der Waals surface area contributed by atoms with Crippen molar-refractivity contribution in [3.63, 3.8) is 0 Å². The topological polar surface area (TPSA) is 113 Å². The first-order valence-electron chi connectivity index (χ1n) is 12.7. The fourth-order valence-electron chi connectivity index (χ4n) is 4.77. The monoisotopic (exact) mass is 625 g/mol. The van der Waals surface area contributed by atoms with Crippen LogP contribution in [0, 0.1) is 11.6 Å². The summed E-state index contributed by atoms with van der Waals surface area (Å²) in [5.41, 5.74) is -2.56. The number of alkyl halides is 3. The summed E-state index contributed by atoms with van der Waals surface area (Å²) in [6.45, 7) is 0.642. The Kier molecular flexibility index (Phi) is 9.09. The van der Waals surface area contributed by atoms with Crippen LogP contribution in [0.5, 0.6) is 5.75 Å². The third kappa shape index (κ3) is 6.48. The van der Waals surface area contributed by atoms with E-state index in [0.717, 1.165) is 24.4 Å². The molecule has 3 atom stereocenters. The van der Waals surface area contributed by atoms with Gasteiger partial charge in [-0.1, -0.05) is 11.6 Å². The zero-order chi connectivity index (χ0) is 31.6. The molecule has 3 aromatic rings. The van der Waals surface area contributed by atoms with E-state index in [1.165, 1.54) is 45.3 Å². The van der Waals surface area contributed by atoms with Crippen LogP contribution in [0.3, 0.4) is 0 Å². The third-order valence-corrected chi connectivity index (χ3v) is 7.10. The van der Waals surface area contributed by atoms with Crippen LogP contribution < -0.4 is 25.6 Å². The van der Waals surface area contributed by atoms with Crippen molar-refractivity contribution in [2.45, 2.75) is 31.1 Å². The molecule has 43 heavy (non-hydrogen) atoms. The fraction of sp³-hybridized carbons (Fsp3) is 0.286. The number of rotatable bonds is 8. The summed E-state index contributed by atoms with van der Waals surface area (Å²) < 4.78 is 78.8. The van der Waals surface area contributed by atoms with E-state index in [2.05, 4.69) is 20.9 Å². The summed E-state index contributed by atoms with van der Waals surface area (Å²) in [7, 11) is 2.49. The van der Waals surface area contributed by atoms with E-state index in [9.17, 15) is 27.6 Å². The van der Waals surface area contributed by atoms with Gasteiger partial charge in [0.05, 0.1) is 12.8 Å². The average molecular weight is 626 g/mol. The van der Waals surface area contributed by atoms with Crippen LogP contribution in [0.25, 0.3) is 0 Å². The van der Waals surface area contributed by atoms with Crippen LogP contribution in [-0.4, -0.2) is 55.5 Å². The van der Waals surface area contributed by atoms with E-state index in [4.69, 9.17) is 16.3 Å². The summed E-state index contributed by atoms with van der Waals surface area (Å²) in [5, 5.41) is 7.50. The molecule has 3 N–H and O–H groups in total. The average Bonchev–Trinajstić information content (AvgIpc) is 3.26. The molecular formula is C28H25ClF5N5O4. The Morgan fingerprint density at radius 3 is 2.30 bits per heavy atom. The van der Waals surface area contributed by atoms with Gasteiger partial charge in [-0.05, 0) is 37.3 Å². The molecule has 2 heterocycles. The van der Waals surface area contributed by atoms with Gasteiger partial charge < -0.3 is 20.7 Å². The Morgan fingerprint density at radius 2 is 1.74 bits per heavy atom. The van der Waals surface area contributed by atoms with Crippen LogP contribution in [0.15, 0.2) is 48.7 Å². The molecule has 0 saturated carbocycles. The van der Waals surface area contributed by atoms with Gasteiger partial charge in [0.1, 0.15) is 40.8 Å². The van der Waals surface area contributed by atoms with E-state index in [1.807, 2.05) is 0 Å². The molecule has 1 saturated heterocycles. The number of pyridine rings is 1. The van der Waals surface area contributed by atoms with Crippen molar-refractivity contribution < 1.29 is 41.1 Å². The van der Waals surface area contributed by atoms with Crippen LogP contribution in [0.2, 0.25) is 5.02 Å². The van der Waals surface area contributed by atoms with Gasteiger partial charge in [-0.15, -0.1) is 0 Å². The smallest absolute Gasteiger partial charge is 0.421 e. The molecule has 2 unspecified atom stereocenters. The Balaban J connectivity index is 1.82. The lowest BCUT2D eigenvalue weighted by molar-refractivity contribution is -0.137. The lowest BCUT2D eigenvalue weighted by atomic mass is 9.92. The second-order valence-corrected chi connectivity index (χ2v) is 9.99. The molecule has 1 fully saturated rings. The van der Waals surface area contributed by atoms with Gasteiger partial charge in [0.15, 0.2) is 0 Å². The Bertz CT molecular complexity index is 1530. The predicted molar refractivity (Wildman–Crippen MR) is 147 cm³/mol. The second kappa shape index (κ2) is 12.4. The highest BCUT2D eigenvalue weighted by Crippen LogP contribution is 2.44. The van der Waals surface area contributed by atoms with Crippen LogP contribution in [-0.2, 0) is 15.8 Å². The number of ether oxygens (including phenoxy) is 1. The number of benzene rings is 2. The van der Waals surface area contributed by atoms with E-state index in [-0.39, 0.29) is 11.3 Å². The van der Waals surface area contributed by atoms with Gasteiger partial charge in [0.2, 0.25) is 5.91 Å². The van der Waals surface area contributed by atoms with Crippen molar-refractivity contribution in [3.8, 4) is 5.75 Å². The van der Waals surface area contributed by atoms with Gasteiger partial charge >= 0.3 is 6.18 Å². The van der Waals surface area contributed by atoms with E-state index in [0.29, 0.717) is 9.92 Å². The van der Waals surface area contributed by atoms with Crippen LogP contribution in [0.4, 0.5) is 33.5 Å². The molecule has 0 spiro atoms. The van der Waals surface area contributed by atoms with E-state index >= 15 is 8.78 Å². The molecule has 0 aliphatic carbocycles. The van der Waals surface area contributed by atoms with Gasteiger partial charge in [0, 0.05) is 54.0 Å². The zero-order valence-corrected chi connectivity index (χ0v) is 23.6. The molecule has 1 aromatic heterocycles. The lowest BCUT2D eigenvalue weighted by Crippen LogP contribution is -2.44.